The Kier molecular flexibility index (Phi) is 7.76. The standard InChI is InChI=1S/C29H33F2N7O3/c1-17-5-8-25(41-29(30)31)21(11-17)16-38-24-12-20(6-7-22(24)28(40)35(38)4)23-13-34-26(14-33-23)36-9-10-37(18(2)15-36)27(39)19(3)32/h5-8,11-14,18-19,29H,9-10,15-16,32H2,1-4H3/t18-,19-/m0/s1. The van der Waals surface area contributed by atoms with Crippen molar-refractivity contribution in [2.45, 2.75) is 46.0 Å². The first-order chi connectivity index (χ1) is 19.5. The molecule has 2 N–H and O–H groups in total. The molecule has 1 saturated heterocycles. The van der Waals surface area contributed by atoms with Crippen molar-refractivity contribution >= 4 is 22.6 Å². The van der Waals surface area contributed by atoms with Crippen LogP contribution in [-0.2, 0) is 18.4 Å². The molecule has 0 saturated carbocycles. The summed E-state index contributed by atoms with van der Waals surface area (Å²) >= 11 is 0. The Balaban J connectivity index is 1.42. The molecule has 216 valence electrons. The van der Waals surface area contributed by atoms with E-state index >= 15 is 0 Å². The van der Waals surface area contributed by atoms with Crippen LogP contribution in [0.3, 0.4) is 0 Å². The molecule has 4 aromatic rings. The molecule has 2 aromatic heterocycles. The highest BCUT2D eigenvalue weighted by Crippen LogP contribution is 2.27. The van der Waals surface area contributed by atoms with Crippen molar-refractivity contribution in [3.8, 4) is 17.0 Å². The number of carbonyl (C=O) groups excluding carboxylic acids is 1. The average molecular weight is 566 g/mol. The maximum absolute atomic E-state index is 13.0. The van der Waals surface area contributed by atoms with Gasteiger partial charge in [-0.05, 0) is 39.0 Å². The van der Waals surface area contributed by atoms with E-state index in [-0.39, 0.29) is 29.8 Å². The lowest BCUT2D eigenvalue weighted by atomic mass is 10.1. The molecular weight excluding hydrogens is 532 g/mol. The SMILES string of the molecule is Cc1ccc(OC(F)F)c(Cn2c3cc(-c4cnc(N5CCN(C(=O)[C@H](C)N)[C@@H](C)C5)cn4)ccc3c(=O)n2C)c1. The van der Waals surface area contributed by atoms with Crippen LogP contribution in [0.1, 0.15) is 25.0 Å². The van der Waals surface area contributed by atoms with Crippen LogP contribution >= 0.6 is 0 Å². The maximum Gasteiger partial charge on any atom is 0.387 e. The van der Waals surface area contributed by atoms with Gasteiger partial charge in [0.15, 0.2) is 0 Å². The summed E-state index contributed by atoms with van der Waals surface area (Å²) in [5.74, 6) is 0.709. The lowest BCUT2D eigenvalue weighted by Crippen LogP contribution is -2.57. The van der Waals surface area contributed by atoms with Crippen molar-refractivity contribution in [2.75, 3.05) is 24.5 Å². The zero-order chi connectivity index (χ0) is 29.4. The average Bonchev–Trinajstić information content (AvgIpc) is 3.18. The number of alkyl halides is 2. The summed E-state index contributed by atoms with van der Waals surface area (Å²) in [4.78, 5) is 38.5. The number of anilines is 1. The number of amides is 1. The first kappa shape index (κ1) is 28.2. The second-order valence-electron chi connectivity index (χ2n) is 10.5. The Bertz CT molecular complexity index is 1630. The van der Waals surface area contributed by atoms with E-state index in [0.717, 1.165) is 11.1 Å². The monoisotopic (exact) mass is 565 g/mol. The van der Waals surface area contributed by atoms with E-state index in [2.05, 4.69) is 14.9 Å². The highest BCUT2D eigenvalue weighted by molar-refractivity contribution is 5.84. The van der Waals surface area contributed by atoms with Gasteiger partial charge in [-0.15, -0.1) is 0 Å². The third kappa shape index (κ3) is 5.64. The molecule has 0 unspecified atom stereocenters. The summed E-state index contributed by atoms with van der Waals surface area (Å²) in [5, 5.41) is 0.498. The fraction of sp³-hybridized carbons (Fsp3) is 0.379. The quantitative estimate of drug-likeness (QED) is 0.367. The molecule has 1 aliphatic heterocycles. The summed E-state index contributed by atoms with van der Waals surface area (Å²) in [7, 11) is 1.64. The minimum absolute atomic E-state index is 0.0130. The molecule has 12 heteroatoms. The number of nitrogens with two attached hydrogens (primary N) is 1. The van der Waals surface area contributed by atoms with Gasteiger partial charge in [0.1, 0.15) is 11.6 Å². The van der Waals surface area contributed by atoms with Crippen molar-refractivity contribution < 1.29 is 18.3 Å². The van der Waals surface area contributed by atoms with Crippen LogP contribution in [0, 0.1) is 6.92 Å². The highest BCUT2D eigenvalue weighted by Gasteiger charge is 2.29. The van der Waals surface area contributed by atoms with Crippen LogP contribution in [-0.4, -0.2) is 68.5 Å². The summed E-state index contributed by atoms with van der Waals surface area (Å²) in [5.41, 5.74) is 9.01. The normalized spacial score (nSPS) is 16.4. The number of ether oxygens (including phenoxy) is 1. The van der Waals surface area contributed by atoms with Gasteiger partial charge in [0.2, 0.25) is 5.91 Å². The third-order valence-corrected chi connectivity index (χ3v) is 7.47. The fourth-order valence-corrected chi connectivity index (χ4v) is 5.31. The van der Waals surface area contributed by atoms with Gasteiger partial charge in [0, 0.05) is 43.9 Å². The number of aryl methyl sites for hydroxylation is 1. The van der Waals surface area contributed by atoms with Gasteiger partial charge in [0.25, 0.3) is 5.56 Å². The molecule has 5 rings (SSSR count). The summed E-state index contributed by atoms with van der Waals surface area (Å²) < 4.78 is 34.0. The van der Waals surface area contributed by atoms with Crippen LogP contribution in [0.5, 0.6) is 5.75 Å². The Morgan fingerprint density at radius 2 is 1.93 bits per heavy atom. The van der Waals surface area contributed by atoms with Crippen LogP contribution in [0.4, 0.5) is 14.6 Å². The highest BCUT2D eigenvalue weighted by atomic mass is 19.3. The first-order valence-corrected chi connectivity index (χ1v) is 13.4. The topological polar surface area (TPSA) is 112 Å². The van der Waals surface area contributed by atoms with Gasteiger partial charge in [-0.3, -0.25) is 23.9 Å². The molecule has 10 nitrogen and oxygen atoms in total. The van der Waals surface area contributed by atoms with E-state index in [1.165, 1.54) is 10.7 Å². The van der Waals surface area contributed by atoms with Crippen molar-refractivity contribution in [3.05, 3.63) is 70.3 Å². The molecule has 0 bridgehead atoms. The molecule has 0 radical (unpaired) electrons. The molecular formula is C29H33F2N7O3. The number of benzene rings is 2. The fourth-order valence-electron chi connectivity index (χ4n) is 5.31. The molecule has 0 spiro atoms. The van der Waals surface area contributed by atoms with E-state index < -0.39 is 12.7 Å². The zero-order valence-electron chi connectivity index (χ0n) is 23.4. The van der Waals surface area contributed by atoms with Gasteiger partial charge in [-0.1, -0.05) is 23.8 Å². The van der Waals surface area contributed by atoms with Crippen LogP contribution < -0.4 is 20.9 Å². The van der Waals surface area contributed by atoms with Crippen molar-refractivity contribution in [1.82, 2.24) is 24.2 Å². The van der Waals surface area contributed by atoms with Crippen LogP contribution in [0.25, 0.3) is 22.2 Å². The van der Waals surface area contributed by atoms with Gasteiger partial charge < -0.3 is 20.3 Å². The van der Waals surface area contributed by atoms with E-state index in [1.807, 2.05) is 26.0 Å². The van der Waals surface area contributed by atoms with Crippen molar-refractivity contribution in [1.29, 1.82) is 0 Å². The minimum atomic E-state index is -2.96. The number of carbonyl (C=O) groups is 1. The first-order valence-electron chi connectivity index (χ1n) is 13.4. The van der Waals surface area contributed by atoms with E-state index in [4.69, 9.17) is 10.5 Å². The van der Waals surface area contributed by atoms with Crippen LogP contribution in [0.15, 0.2) is 53.6 Å². The Labute approximate surface area is 235 Å². The zero-order valence-corrected chi connectivity index (χ0v) is 23.4. The van der Waals surface area contributed by atoms with Gasteiger partial charge >= 0.3 is 6.61 Å². The lowest BCUT2D eigenvalue weighted by Gasteiger charge is -2.41. The Hall–Kier alpha value is -4.32. The van der Waals surface area contributed by atoms with Gasteiger partial charge in [-0.25, -0.2) is 4.98 Å². The molecule has 1 fully saturated rings. The Morgan fingerprint density at radius 3 is 2.59 bits per heavy atom. The summed E-state index contributed by atoms with van der Waals surface area (Å²) in [6.45, 7) is 4.53. The summed E-state index contributed by atoms with van der Waals surface area (Å²) in [6, 6.07) is 9.85. The number of hydrogen-bond donors (Lipinski definition) is 1. The van der Waals surface area contributed by atoms with Gasteiger partial charge in [-0.2, -0.15) is 8.78 Å². The van der Waals surface area contributed by atoms with E-state index in [1.54, 1.807) is 54.1 Å². The minimum Gasteiger partial charge on any atom is -0.434 e. The molecule has 0 aliphatic carbocycles. The second-order valence-corrected chi connectivity index (χ2v) is 10.5. The number of nitrogens with zero attached hydrogens (tertiary/aromatic N) is 6. The lowest BCUT2D eigenvalue weighted by molar-refractivity contribution is -0.134. The van der Waals surface area contributed by atoms with E-state index in [0.29, 0.717) is 47.6 Å². The molecule has 1 amide bonds. The number of halogens is 2. The maximum atomic E-state index is 13.0. The number of fused-ring (bicyclic) bond motifs is 1. The number of piperazine rings is 1. The predicted octanol–water partition coefficient (Wildman–Crippen LogP) is 3.14. The molecule has 1 aliphatic rings. The predicted molar refractivity (Wildman–Crippen MR) is 152 cm³/mol. The molecule has 3 heterocycles. The summed E-state index contributed by atoms with van der Waals surface area (Å²) in [6.07, 6.45) is 3.38. The molecule has 41 heavy (non-hydrogen) atoms. The molecule has 2 aromatic carbocycles. The second kappa shape index (κ2) is 11.3. The van der Waals surface area contributed by atoms with E-state index in [9.17, 15) is 18.4 Å². The van der Waals surface area contributed by atoms with Gasteiger partial charge in [0.05, 0.1) is 41.6 Å². The number of aromatic nitrogens is 4. The van der Waals surface area contributed by atoms with Crippen LogP contribution in [0.2, 0.25) is 0 Å². The number of rotatable bonds is 7. The smallest absolute Gasteiger partial charge is 0.387 e. The Morgan fingerprint density at radius 1 is 1.15 bits per heavy atom. The van der Waals surface area contributed by atoms with Crippen molar-refractivity contribution in [2.24, 2.45) is 12.8 Å². The number of hydrogen-bond acceptors (Lipinski definition) is 7. The largest absolute Gasteiger partial charge is 0.434 e. The molecule has 2 atom stereocenters. The van der Waals surface area contributed by atoms with Crippen molar-refractivity contribution in [3.63, 3.8) is 0 Å². The third-order valence-electron chi connectivity index (χ3n) is 7.47.